The van der Waals surface area contributed by atoms with E-state index in [4.69, 9.17) is 0 Å². The molecular weight excluding hydrogens is 464 g/mol. The van der Waals surface area contributed by atoms with Gasteiger partial charge in [0.15, 0.2) is 0 Å². The zero-order chi connectivity index (χ0) is 25.2. The first-order valence-electron chi connectivity index (χ1n) is 11.9. The van der Waals surface area contributed by atoms with E-state index in [9.17, 15) is 13.2 Å². The molecule has 1 aliphatic rings. The second kappa shape index (κ2) is 10.3. The molecule has 2 heterocycles. The monoisotopic (exact) mass is 498 g/mol. The van der Waals surface area contributed by atoms with Crippen molar-refractivity contribution in [3.05, 3.63) is 48.3 Å². The number of rotatable bonds is 8. The lowest BCUT2D eigenvalue weighted by Crippen LogP contribution is -2.44. The summed E-state index contributed by atoms with van der Waals surface area (Å²) >= 11 is 0. The minimum Gasteiger partial charge on any atom is -0.369 e. The first kappa shape index (κ1) is 25.2. The van der Waals surface area contributed by atoms with Crippen LogP contribution in [0.5, 0.6) is 0 Å². The number of likely N-dealkylation sites (N-methyl/N-ethyl adjacent to an activating group) is 1. The molecular formula is C25H34N6O3S. The number of piperazine rings is 1. The first-order valence-corrected chi connectivity index (χ1v) is 13.4. The summed E-state index contributed by atoms with van der Waals surface area (Å²) in [6.45, 7) is 6.80. The summed E-state index contributed by atoms with van der Waals surface area (Å²) in [5.41, 5.74) is 3.42. The molecule has 0 radical (unpaired) electrons. The molecule has 2 aromatic carbocycles. The zero-order valence-corrected chi connectivity index (χ0v) is 21.7. The number of imidazole rings is 1. The Morgan fingerprint density at radius 2 is 1.74 bits per heavy atom. The average molecular weight is 499 g/mol. The van der Waals surface area contributed by atoms with E-state index >= 15 is 0 Å². The highest BCUT2D eigenvalue weighted by Crippen LogP contribution is 2.23. The fourth-order valence-corrected chi connectivity index (χ4v) is 5.27. The van der Waals surface area contributed by atoms with Crippen LogP contribution in [0, 0.1) is 0 Å². The summed E-state index contributed by atoms with van der Waals surface area (Å²) in [5, 5.41) is 2.97. The molecule has 1 N–H and O–H groups in total. The minimum atomic E-state index is -3.54. The molecule has 1 fully saturated rings. The molecule has 4 rings (SSSR count). The number of fused-ring (bicyclic) bond motifs is 1. The molecule has 0 atom stereocenters. The maximum atomic E-state index is 12.6. The van der Waals surface area contributed by atoms with E-state index in [1.807, 2.05) is 23.6 Å². The van der Waals surface area contributed by atoms with Gasteiger partial charge < -0.3 is 19.7 Å². The number of aromatic nitrogens is 2. The Hall–Kier alpha value is -2.95. The number of hydrogen-bond acceptors (Lipinski definition) is 6. The summed E-state index contributed by atoms with van der Waals surface area (Å²) in [5.74, 6) is 0.686. The molecule has 3 aromatic rings. The van der Waals surface area contributed by atoms with Crippen molar-refractivity contribution in [1.82, 2.24) is 18.8 Å². The smallest absolute Gasteiger partial charge is 0.242 e. The normalized spacial score (nSPS) is 15.2. The van der Waals surface area contributed by atoms with Gasteiger partial charge in [0, 0.05) is 71.0 Å². The predicted octanol–water partition coefficient (Wildman–Crippen LogP) is 2.63. The van der Waals surface area contributed by atoms with E-state index < -0.39 is 10.0 Å². The maximum absolute atomic E-state index is 12.6. The number of benzene rings is 2. The van der Waals surface area contributed by atoms with Crippen LogP contribution in [0.2, 0.25) is 0 Å². The van der Waals surface area contributed by atoms with Crippen molar-refractivity contribution >= 4 is 38.3 Å². The van der Waals surface area contributed by atoms with E-state index in [0.29, 0.717) is 18.5 Å². The summed E-state index contributed by atoms with van der Waals surface area (Å²) in [6.07, 6.45) is 0.746. The van der Waals surface area contributed by atoms with Crippen molar-refractivity contribution in [2.24, 2.45) is 0 Å². The van der Waals surface area contributed by atoms with Crippen LogP contribution < -0.4 is 10.2 Å². The Morgan fingerprint density at radius 1 is 1.06 bits per heavy atom. The number of carbonyl (C=O) groups is 1. The van der Waals surface area contributed by atoms with Gasteiger partial charge in [-0.05, 0) is 56.4 Å². The molecule has 0 aliphatic carbocycles. The first-order chi connectivity index (χ1) is 16.7. The summed E-state index contributed by atoms with van der Waals surface area (Å²) in [6, 6.07) is 13.0. The molecule has 9 nitrogen and oxygen atoms in total. The van der Waals surface area contributed by atoms with Crippen LogP contribution in [0.4, 0.5) is 11.4 Å². The van der Waals surface area contributed by atoms with Gasteiger partial charge in [0.2, 0.25) is 15.9 Å². The SMILES string of the molecule is CCn1c(CCC(=O)Nc2ccc(N3CCN(C)CC3)cc2)nc2cc(S(=O)(=O)N(C)C)ccc21. The molecule has 35 heavy (non-hydrogen) atoms. The fraction of sp³-hybridized carbons (Fsp3) is 0.440. The van der Waals surface area contributed by atoms with Crippen LogP contribution in [0.1, 0.15) is 19.2 Å². The second-order valence-electron chi connectivity index (χ2n) is 9.10. The van der Waals surface area contributed by atoms with Crippen molar-refractivity contribution in [1.29, 1.82) is 0 Å². The van der Waals surface area contributed by atoms with Crippen molar-refractivity contribution in [2.75, 3.05) is 57.5 Å². The molecule has 10 heteroatoms. The van der Waals surface area contributed by atoms with Gasteiger partial charge in [-0.2, -0.15) is 0 Å². The molecule has 1 saturated heterocycles. The Kier molecular flexibility index (Phi) is 7.44. The average Bonchev–Trinajstić information content (AvgIpc) is 3.20. The highest BCUT2D eigenvalue weighted by atomic mass is 32.2. The van der Waals surface area contributed by atoms with Gasteiger partial charge in [-0.1, -0.05) is 0 Å². The summed E-state index contributed by atoms with van der Waals surface area (Å²) < 4.78 is 28.2. The summed E-state index contributed by atoms with van der Waals surface area (Å²) in [7, 11) is 1.62. The van der Waals surface area contributed by atoms with E-state index in [2.05, 4.69) is 39.3 Å². The number of hydrogen-bond donors (Lipinski definition) is 1. The number of sulfonamides is 1. The Morgan fingerprint density at radius 3 is 2.37 bits per heavy atom. The van der Waals surface area contributed by atoms with Crippen molar-refractivity contribution in [2.45, 2.75) is 31.2 Å². The topological polar surface area (TPSA) is 90.8 Å². The van der Waals surface area contributed by atoms with Gasteiger partial charge in [0.1, 0.15) is 5.82 Å². The van der Waals surface area contributed by atoms with Gasteiger partial charge in [-0.3, -0.25) is 4.79 Å². The third kappa shape index (κ3) is 5.50. The van der Waals surface area contributed by atoms with E-state index in [1.165, 1.54) is 24.1 Å². The Balaban J connectivity index is 1.41. The lowest BCUT2D eigenvalue weighted by atomic mass is 10.2. The van der Waals surface area contributed by atoms with Gasteiger partial charge >= 0.3 is 0 Å². The Bertz CT molecular complexity index is 1290. The lowest BCUT2D eigenvalue weighted by Gasteiger charge is -2.34. The number of nitrogens with one attached hydrogen (secondary N) is 1. The van der Waals surface area contributed by atoms with Crippen LogP contribution in [-0.2, 0) is 27.8 Å². The number of anilines is 2. The molecule has 188 valence electrons. The van der Waals surface area contributed by atoms with Crippen LogP contribution in [0.3, 0.4) is 0 Å². The third-order valence-corrected chi connectivity index (χ3v) is 8.30. The number of amides is 1. The molecule has 0 bridgehead atoms. The van der Waals surface area contributed by atoms with Gasteiger partial charge in [-0.15, -0.1) is 0 Å². The van der Waals surface area contributed by atoms with Gasteiger partial charge in [-0.25, -0.2) is 17.7 Å². The lowest BCUT2D eigenvalue weighted by molar-refractivity contribution is -0.116. The Labute approximate surface area is 207 Å². The highest BCUT2D eigenvalue weighted by molar-refractivity contribution is 7.89. The van der Waals surface area contributed by atoms with Gasteiger partial charge in [0.25, 0.3) is 0 Å². The molecule has 1 aromatic heterocycles. The molecule has 0 unspecified atom stereocenters. The largest absolute Gasteiger partial charge is 0.369 e. The van der Waals surface area contributed by atoms with E-state index in [0.717, 1.165) is 43.2 Å². The maximum Gasteiger partial charge on any atom is 0.242 e. The number of aryl methyl sites for hydroxylation is 2. The van der Waals surface area contributed by atoms with E-state index in [-0.39, 0.29) is 17.2 Å². The van der Waals surface area contributed by atoms with Crippen LogP contribution in [-0.4, -0.2) is 80.4 Å². The third-order valence-electron chi connectivity index (χ3n) is 6.49. The molecule has 1 aliphatic heterocycles. The van der Waals surface area contributed by atoms with Crippen molar-refractivity contribution < 1.29 is 13.2 Å². The highest BCUT2D eigenvalue weighted by Gasteiger charge is 2.20. The van der Waals surface area contributed by atoms with Crippen LogP contribution in [0.15, 0.2) is 47.4 Å². The number of nitrogens with zero attached hydrogens (tertiary/aromatic N) is 5. The van der Waals surface area contributed by atoms with Crippen molar-refractivity contribution in [3.63, 3.8) is 0 Å². The van der Waals surface area contributed by atoms with Crippen molar-refractivity contribution in [3.8, 4) is 0 Å². The summed E-state index contributed by atoms with van der Waals surface area (Å²) in [4.78, 5) is 22.2. The fourth-order valence-electron chi connectivity index (χ4n) is 4.34. The van der Waals surface area contributed by atoms with Crippen LogP contribution >= 0.6 is 0 Å². The molecule has 1 amide bonds. The second-order valence-corrected chi connectivity index (χ2v) is 11.2. The minimum absolute atomic E-state index is 0.0806. The van der Waals surface area contributed by atoms with Gasteiger partial charge in [0.05, 0.1) is 15.9 Å². The number of carbonyl (C=O) groups excluding carboxylic acids is 1. The molecule has 0 spiro atoms. The van der Waals surface area contributed by atoms with Crippen LogP contribution in [0.25, 0.3) is 11.0 Å². The van der Waals surface area contributed by atoms with E-state index in [1.54, 1.807) is 18.2 Å². The quantitative estimate of drug-likeness (QED) is 0.514. The zero-order valence-electron chi connectivity index (χ0n) is 20.9. The standard InChI is InChI=1S/C25H34N6O3S/c1-5-31-23-11-10-21(35(33,34)28(2)3)18-22(23)27-24(31)12-13-25(32)26-19-6-8-20(9-7-19)30-16-14-29(4)15-17-30/h6-11,18H,5,12-17H2,1-4H3,(H,26,32). The predicted molar refractivity (Wildman–Crippen MR) is 139 cm³/mol. The molecule has 0 saturated carbocycles.